The Morgan fingerprint density at radius 1 is 0.712 bits per heavy atom. The molecule has 0 saturated heterocycles. The highest BCUT2D eigenvalue weighted by Gasteiger charge is 2.27. The first-order valence-corrected chi connectivity index (χ1v) is 21.2. The van der Waals surface area contributed by atoms with Crippen molar-refractivity contribution in [3.05, 3.63) is 80.8 Å². The van der Waals surface area contributed by atoms with Crippen molar-refractivity contribution in [1.82, 2.24) is 15.3 Å². The number of ketones is 2. The van der Waals surface area contributed by atoms with Crippen molar-refractivity contribution in [1.29, 1.82) is 0 Å². The van der Waals surface area contributed by atoms with Crippen LogP contribution in [0.15, 0.2) is 53.8 Å². The van der Waals surface area contributed by atoms with Crippen molar-refractivity contribution < 1.29 is 28.7 Å². The van der Waals surface area contributed by atoms with Crippen LogP contribution in [-0.2, 0) is 17.6 Å². The van der Waals surface area contributed by atoms with Gasteiger partial charge >= 0.3 is 18.2 Å². The Bertz CT molecular complexity index is 2140. The molecule has 2 aromatic heterocycles. The van der Waals surface area contributed by atoms with Crippen LogP contribution in [0.5, 0.6) is 0 Å². The molecule has 0 radical (unpaired) electrons. The number of aryl methyl sites for hydroxylation is 2. The summed E-state index contributed by atoms with van der Waals surface area (Å²) in [5.41, 5.74) is 14.8. The van der Waals surface area contributed by atoms with Crippen LogP contribution >= 0.6 is 22.7 Å². The molecule has 0 spiro atoms. The summed E-state index contributed by atoms with van der Waals surface area (Å²) in [6.07, 6.45) is 12.0. The number of nitrogens with zero attached hydrogens (tertiary/aromatic N) is 3. The van der Waals surface area contributed by atoms with Gasteiger partial charge in [-0.3, -0.25) is 25.2 Å². The Labute approximate surface area is 351 Å². The molecule has 16 nitrogen and oxygen atoms in total. The first kappa shape index (κ1) is 44.2. The summed E-state index contributed by atoms with van der Waals surface area (Å²) in [4.78, 5) is 76.0. The van der Waals surface area contributed by atoms with Crippen LogP contribution in [0.3, 0.4) is 0 Å². The number of anilines is 4. The molecule has 6 rings (SSSR count). The predicted octanol–water partition coefficient (Wildman–Crippen LogP) is 7.65. The monoisotopic (exact) mass is 844 g/mol. The SMILES string of the molecule is COC(=O)NCCc1cnc(NC(=O)Nc2ccc(C)cc2C(=O)C2CCCC2)s1.Cc1ccc(NC(=O)Nc2ncc(CCN=C(N)N)s2)c(C(=O)C2CCCC2)c1. The highest BCUT2D eigenvalue weighted by Crippen LogP contribution is 2.32. The van der Waals surface area contributed by atoms with E-state index in [9.17, 15) is 24.0 Å². The molecule has 314 valence electrons. The maximum atomic E-state index is 12.9. The second-order valence-electron chi connectivity index (χ2n) is 14.4. The number of urea groups is 2. The molecule has 0 bridgehead atoms. The lowest BCUT2D eigenvalue weighted by molar-refractivity contribution is 0.0916. The molecule has 2 fully saturated rings. The van der Waals surface area contributed by atoms with Gasteiger partial charge in [-0.15, -0.1) is 22.7 Å². The minimum atomic E-state index is -0.488. The number of rotatable bonds is 14. The number of nitrogens with two attached hydrogens (primary N) is 2. The van der Waals surface area contributed by atoms with Crippen molar-refractivity contribution in [2.45, 2.75) is 78.1 Å². The Morgan fingerprint density at radius 3 is 1.61 bits per heavy atom. The summed E-state index contributed by atoms with van der Waals surface area (Å²) in [6.45, 7) is 4.75. The summed E-state index contributed by atoms with van der Waals surface area (Å²) >= 11 is 2.68. The summed E-state index contributed by atoms with van der Waals surface area (Å²) in [6, 6.07) is 10.1. The second kappa shape index (κ2) is 21.8. The number of methoxy groups -OCH3 is 1. The van der Waals surface area contributed by atoms with Crippen LogP contribution in [0.4, 0.5) is 36.0 Å². The van der Waals surface area contributed by atoms with Gasteiger partial charge in [0, 0.05) is 71.0 Å². The number of hydrogen-bond acceptors (Lipinski definition) is 11. The van der Waals surface area contributed by atoms with E-state index >= 15 is 0 Å². The molecule has 2 aromatic carbocycles. The summed E-state index contributed by atoms with van der Waals surface area (Å²) in [7, 11) is 1.31. The summed E-state index contributed by atoms with van der Waals surface area (Å²) in [5.74, 6) is 0.342. The van der Waals surface area contributed by atoms with Gasteiger partial charge in [-0.05, 0) is 63.8 Å². The van der Waals surface area contributed by atoms with Crippen LogP contribution in [0, 0.1) is 25.7 Å². The molecule has 18 heteroatoms. The fourth-order valence-electron chi connectivity index (χ4n) is 6.88. The van der Waals surface area contributed by atoms with Gasteiger partial charge in [-0.1, -0.05) is 48.9 Å². The maximum absolute atomic E-state index is 12.9. The first-order valence-electron chi connectivity index (χ1n) is 19.6. The van der Waals surface area contributed by atoms with Crippen molar-refractivity contribution in [2.75, 3.05) is 41.5 Å². The largest absolute Gasteiger partial charge is 0.453 e. The van der Waals surface area contributed by atoms with E-state index in [4.69, 9.17) is 11.5 Å². The molecule has 0 aliphatic heterocycles. The predicted molar refractivity (Wildman–Crippen MR) is 233 cm³/mol. The van der Waals surface area contributed by atoms with E-state index in [-0.39, 0.29) is 29.4 Å². The minimum absolute atomic E-state index is 0.0375. The van der Waals surface area contributed by atoms with Crippen molar-refractivity contribution >= 4 is 80.0 Å². The zero-order chi connectivity index (χ0) is 42.3. The Hall–Kier alpha value is -5.88. The number of benzene rings is 2. The second-order valence-corrected chi connectivity index (χ2v) is 16.7. The van der Waals surface area contributed by atoms with Crippen molar-refractivity contribution in [3.63, 3.8) is 0 Å². The third-order valence-corrected chi connectivity index (χ3v) is 11.8. The van der Waals surface area contributed by atoms with E-state index in [1.165, 1.54) is 29.8 Å². The van der Waals surface area contributed by atoms with Gasteiger partial charge in [0.2, 0.25) is 0 Å². The van der Waals surface area contributed by atoms with E-state index in [0.29, 0.717) is 58.7 Å². The zero-order valence-electron chi connectivity index (χ0n) is 33.5. The molecule has 59 heavy (non-hydrogen) atoms. The standard InChI is InChI=1S/C21H26N4O4S.C20H26N6O2S/c1-13-7-8-17(16(11-13)18(26)14-5-3-4-6-14)24-19(27)25-20-23-12-15(30-20)9-10-22-21(28)29-2;1-12-6-7-16(15(10-12)17(27)13-4-2-3-5-13)25-19(28)26-20-24-11-14(29-20)8-9-23-18(21)22/h7-8,11-12,14H,3-6,9-10H2,1-2H3,(H,22,28)(H2,23,24,25,27);6-7,10-11,13H,2-5,8-9H2,1H3,(H4,21,22,23)(H2,24,25,26,28). The number of ether oxygens (including phenoxy) is 1. The number of thiazole rings is 2. The number of aromatic nitrogens is 2. The summed E-state index contributed by atoms with van der Waals surface area (Å²) in [5, 5.41) is 14.5. The topological polar surface area (TPSA) is 245 Å². The van der Waals surface area contributed by atoms with Gasteiger partial charge in [0.1, 0.15) is 0 Å². The van der Waals surface area contributed by atoms with Gasteiger partial charge in [0.15, 0.2) is 27.8 Å². The van der Waals surface area contributed by atoms with Crippen LogP contribution in [0.1, 0.15) is 93.0 Å². The fourth-order valence-corrected chi connectivity index (χ4v) is 8.48. The van der Waals surface area contributed by atoms with Gasteiger partial charge in [0.05, 0.1) is 18.5 Å². The first-order chi connectivity index (χ1) is 28.4. The number of alkyl carbamates (subject to hydrolysis) is 1. The number of Topliss-reactive ketones (excluding diaryl/α,β-unsaturated/α-hetero) is 2. The summed E-state index contributed by atoms with van der Waals surface area (Å²) < 4.78 is 4.52. The number of carbonyl (C=O) groups excluding carboxylic acids is 5. The van der Waals surface area contributed by atoms with Gasteiger partial charge in [0.25, 0.3) is 0 Å². The van der Waals surface area contributed by atoms with Crippen molar-refractivity contribution in [2.24, 2.45) is 28.3 Å². The molecule has 9 N–H and O–H groups in total. The fraction of sp³-hybridized carbons (Fsp3) is 0.415. The number of nitrogens with one attached hydrogen (secondary N) is 5. The average molecular weight is 845 g/mol. The van der Waals surface area contributed by atoms with Gasteiger partial charge in [-0.25, -0.2) is 24.4 Å². The number of aliphatic imine (C=N–C) groups is 1. The highest BCUT2D eigenvalue weighted by atomic mass is 32.1. The molecule has 2 aliphatic carbocycles. The molecule has 2 aliphatic rings. The Morgan fingerprint density at radius 2 is 1.17 bits per heavy atom. The third-order valence-electron chi connectivity index (χ3n) is 9.86. The molecule has 2 heterocycles. The van der Waals surface area contributed by atoms with Crippen molar-refractivity contribution in [3.8, 4) is 0 Å². The number of carbonyl (C=O) groups is 5. The van der Waals surface area contributed by atoms with Crippen LogP contribution in [0.25, 0.3) is 0 Å². The molecule has 4 aromatic rings. The van der Waals surface area contributed by atoms with Crippen LogP contribution in [0.2, 0.25) is 0 Å². The van der Waals surface area contributed by atoms with Gasteiger partial charge < -0.3 is 32.2 Å². The number of guanidine groups is 1. The Kier molecular flexibility index (Phi) is 16.3. The molecule has 2 saturated carbocycles. The van der Waals surface area contributed by atoms with Crippen LogP contribution in [-0.4, -0.2) is 65.8 Å². The highest BCUT2D eigenvalue weighted by molar-refractivity contribution is 7.16. The Balaban J connectivity index is 0.000000224. The smallest absolute Gasteiger partial charge is 0.406 e. The molecule has 5 amide bonds. The molecular formula is C41H52N10O6S2. The van der Waals surface area contributed by atoms with E-state index in [1.807, 2.05) is 38.1 Å². The minimum Gasteiger partial charge on any atom is -0.453 e. The number of hydrogen-bond donors (Lipinski definition) is 7. The molecular weight excluding hydrogens is 793 g/mol. The van der Waals surface area contributed by atoms with E-state index in [2.05, 4.69) is 46.3 Å². The number of amides is 5. The lowest BCUT2D eigenvalue weighted by atomic mass is 9.94. The van der Waals surface area contributed by atoms with E-state index in [0.717, 1.165) is 72.2 Å². The van der Waals surface area contributed by atoms with E-state index in [1.54, 1.807) is 24.5 Å². The van der Waals surface area contributed by atoms with E-state index < -0.39 is 18.2 Å². The third kappa shape index (κ3) is 13.6. The lowest BCUT2D eigenvalue weighted by Gasteiger charge is -2.14. The van der Waals surface area contributed by atoms with Crippen LogP contribution < -0.4 is 38.1 Å². The molecule has 0 atom stereocenters. The lowest BCUT2D eigenvalue weighted by Crippen LogP contribution is -2.25. The normalized spacial score (nSPS) is 13.7. The zero-order valence-corrected chi connectivity index (χ0v) is 35.2. The quantitative estimate of drug-likeness (QED) is 0.0371. The molecule has 0 unspecified atom stereocenters. The maximum Gasteiger partial charge on any atom is 0.406 e. The average Bonchev–Trinajstić information content (AvgIpc) is 4.06. The van der Waals surface area contributed by atoms with Gasteiger partial charge in [-0.2, -0.15) is 0 Å².